The maximum Gasteiger partial charge on any atom is 0.164 e. The maximum atomic E-state index is 6.68. The van der Waals surface area contributed by atoms with Crippen molar-refractivity contribution in [1.82, 2.24) is 15.0 Å². The van der Waals surface area contributed by atoms with Gasteiger partial charge in [0.1, 0.15) is 89.6 Å². The van der Waals surface area contributed by atoms with Gasteiger partial charge in [-0.1, -0.05) is 76.4 Å². The van der Waals surface area contributed by atoms with Crippen molar-refractivity contribution in [1.29, 1.82) is 0 Å². The molecule has 3 aromatic heterocycles. The third kappa shape index (κ3) is 5.15. The van der Waals surface area contributed by atoms with Crippen molar-refractivity contribution in [3.8, 4) is 45.3 Å². The van der Waals surface area contributed by atoms with Gasteiger partial charge in [0, 0.05) is 53.2 Å². The summed E-state index contributed by atoms with van der Waals surface area (Å²) in [6.45, 7) is 0. The molecule has 246 valence electrons. The lowest BCUT2D eigenvalue weighted by atomic mass is 9.60. The first-order chi connectivity index (χ1) is 25.9. The van der Waals surface area contributed by atoms with E-state index in [1.807, 2.05) is 11.3 Å². The maximum absolute atomic E-state index is 6.68. The van der Waals surface area contributed by atoms with E-state index in [4.69, 9.17) is 19.4 Å². The van der Waals surface area contributed by atoms with Crippen LogP contribution < -0.4 is 54.6 Å². The molecule has 9 aromatic rings. The Morgan fingerprint density at radius 1 is 0.426 bits per heavy atom. The van der Waals surface area contributed by atoms with Gasteiger partial charge in [-0.15, -0.1) is 44.1 Å². The van der Waals surface area contributed by atoms with E-state index in [2.05, 4.69) is 157 Å². The number of benzene rings is 6. The lowest BCUT2D eigenvalue weighted by Gasteiger charge is -2.22. The van der Waals surface area contributed by atoms with Crippen LogP contribution in [0.15, 0.2) is 83.3 Å². The van der Waals surface area contributed by atoms with Crippen LogP contribution in [0, 0.1) is 0 Å². The Kier molecular flexibility index (Phi) is 8.24. The lowest BCUT2D eigenvalue weighted by Crippen LogP contribution is -2.55. The molecular formula is C39H33B10N3OS. The Bertz CT molecular complexity index is 2940. The minimum atomic E-state index is 0.636. The molecule has 0 spiro atoms. The van der Waals surface area contributed by atoms with Crippen LogP contribution in [0.2, 0.25) is 0 Å². The van der Waals surface area contributed by atoms with Crippen molar-refractivity contribution < 1.29 is 4.42 Å². The molecule has 3 heterocycles. The fourth-order valence-electron chi connectivity index (χ4n) is 8.55. The van der Waals surface area contributed by atoms with Gasteiger partial charge in [0.25, 0.3) is 0 Å². The zero-order valence-electron chi connectivity index (χ0n) is 32.7. The Balaban J connectivity index is 1.28. The third-order valence-electron chi connectivity index (χ3n) is 12.5. The highest BCUT2D eigenvalue weighted by atomic mass is 32.1. The molecule has 0 saturated heterocycles. The smallest absolute Gasteiger partial charge is 0.164 e. The number of rotatable bonds is 4. The quantitative estimate of drug-likeness (QED) is 0.172. The molecule has 0 aliphatic heterocycles. The van der Waals surface area contributed by atoms with Gasteiger partial charge in [-0.05, 0) is 29.8 Å². The summed E-state index contributed by atoms with van der Waals surface area (Å²) in [6.07, 6.45) is 0. The van der Waals surface area contributed by atoms with Crippen LogP contribution in [0.5, 0.6) is 0 Å². The number of furan rings is 1. The van der Waals surface area contributed by atoms with Gasteiger partial charge in [0.2, 0.25) is 0 Å². The molecule has 0 amide bonds. The fourth-order valence-corrected chi connectivity index (χ4v) is 9.78. The van der Waals surface area contributed by atoms with E-state index in [9.17, 15) is 0 Å². The summed E-state index contributed by atoms with van der Waals surface area (Å²) in [4.78, 5) is 15.9. The average molecular weight is 700 g/mol. The number of nitrogens with zero attached hydrogens (tertiary/aromatic N) is 3. The summed E-state index contributed by atoms with van der Waals surface area (Å²) in [5, 5.41) is 4.78. The van der Waals surface area contributed by atoms with Gasteiger partial charge in [0.15, 0.2) is 17.5 Å². The number of thiophene rings is 1. The normalized spacial score (nSPS) is 11.7. The molecular weight excluding hydrogens is 667 g/mol. The summed E-state index contributed by atoms with van der Waals surface area (Å²) < 4.78 is 9.27. The summed E-state index contributed by atoms with van der Waals surface area (Å²) in [5.41, 5.74) is 19.7. The number of hydrogen-bond donors (Lipinski definition) is 0. The largest absolute Gasteiger partial charge is 0.456 e. The van der Waals surface area contributed by atoms with E-state index in [1.165, 1.54) is 85.9 Å². The minimum absolute atomic E-state index is 0.636. The van der Waals surface area contributed by atoms with Crippen molar-refractivity contribution >= 4 is 187 Å². The highest BCUT2D eigenvalue weighted by Crippen LogP contribution is 2.44. The van der Waals surface area contributed by atoms with Gasteiger partial charge in [-0.3, -0.25) is 0 Å². The average Bonchev–Trinajstić information content (AvgIpc) is 3.76. The molecule has 0 saturated carbocycles. The first-order valence-corrected chi connectivity index (χ1v) is 19.5. The summed E-state index contributed by atoms with van der Waals surface area (Å²) in [6, 6.07) is 28.2. The van der Waals surface area contributed by atoms with Gasteiger partial charge >= 0.3 is 0 Å². The monoisotopic (exact) mass is 701 g/mol. The van der Waals surface area contributed by atoms with Crippen molar-refractivity contribution in [2.24, 2.45) is 0 Å². The van der Waals surface area contributed by atoms with E-state index in [1.54, 1.807) is 0 Å². The van der Waals surface area contributed by atoms with E-state index >= 15 is 0 Å². The van der Waals surface area contributed by atoms with Crippen molar-refractivity contribution in [2.75, 3.05) is 0 Å². The molecule has 6 aromatic carbocycles. The second-order valence-corrected chi connectivity index (χ2v) is 16.1. The Morgan fingerprint density at radius 3 is 1.57 bits per heavy atom. The summed E-state index contributed by atoms with van der Waals surface area (Å²) >= 11 is 1.85. The van der Waals surface area contributed by atoms with Crippen LogP contribution >= 0.6 is 11.3 Å². The fraction of sp³-hybridized carbons (Fsp3) is 0. The van der Waals surface area contributed by atoms with E-state index in [0.717, 1.165) is 38.6 Å². The lowest BCUT2D eigenvalue weighted by molar-refractivity contribution is 0.669. The Hall–Kier alpha value is -5.00. The standard InChI is InChI=1S/C39H33B10N3OS/c40-26-24(27(41)31(45)34(48)30(26)44)38-50-37(51-39(52-38)25-28(42)32(46)35(49)33(47)29(25)43)14-11-12-19-21(13-14)53-20-9-4-6-16(23(19)20)18-8-3-7-17-15-5-1-2-10-22(15)54-36(17)18/h1-13H,40-49H2. The van der Waals surface area contributed by atoms with Crippen LogP contribution in [-0.4, -0.2) is 93.4 Å². The van der Waals surface area contributed by atoms with Gasteiger partial charge in [0.05, 0.1) is 0 Å². The van der Waals surface area contributed by atoms with Crippen LogP contribution in [0.1, 0.15) is 0 Å². The Morgan fingerprint density at radius 2 is 0.944 bits per heavy atom. The zero-order chi connectivity index (χ0) is 37.7. The SMILES string of the molecule is Bc1c(B)c(B)c(-c2nc(-c3ccc4c(c3)oc3cccc(-c5cccc6c5sc5ccccc56)c34)nc(-c3c(B)c(B)c(B)c(B)c3B)n2)c(B)c1B. The molecule has 9 rings (SSSR count). The molecule has 0 unspecified atom stereocenters. The van der Waals surface area contributed by atoms with Gasteiger partial charge in [-0.2, -0.15) is 0 Å². The van der Waals surface area contributed by atoms with Crippen LogP contribution in [0.4, 0.5) is 0 Å². The van der Waals surface area contributed by atoms with Crippen molar-refractivity contribution in [3.63, 3.8) is 0 Å². The predicted molar refractivity (Wildman–Crippen MR) is 264 cm³/mol. The Labute approximate surface area is 328 Å². The van der Waals surface area contributed by atoms with E-state index in [-0.39, 0.29) is 0 Å². The highest BCUT2D eigenvalue weighted by molar-refractivity contribution is 7.26. The molecule has 0 fully saturated rings. The molecule has 4 nitrogen and oxygen atoms in total. The van der Waals surface area contributed by atoms with Gasteiger partial charge in [-0.25, -0.2) is 15.0 Å². The van der Waals surface area contributed by atoms with E-state index in [0.29, 0.717) is 17.5 Å². The molecule has 0 aliphatic carbocycles. The molecule has 54 heavy (non-hydrogen) atoms. The van der Waals surface area contributed by atoms with E-state index < -0.39 is 0 Å². The van der Waals surface area contributed by atoms with Crippen LogP contribution in [-0.2, 0) is 0 Å². The highest BCUT2D eigenvalue weighted by Gasteiger charge is 2.23. The van der Waals surface area contributed by atoms with Crippen LogP contribution in [0.25, 0.3) is 87.4 Å². The molecule has 0 bridgehead atoms. The number of aromatic nitrogens is 3. The molecule has 0 aliphatic rings. The topological polar surface area (TPSA) is 51.8 Å². The zero-order valence-corrected chi connectivity index (χ0v) is 33.5. The first kappa shape index (κ1) is 34.7. The third-order valence-corrected chi connectivity index (χ3v) is 13.8. The van der Waals surface area contributed by atoms with Crippen molar-refractivity contribution in [2.45, 2.75) is 0 Å². The summed E-state index contributed by atoms with van der Waals surface area (Å²) in [7, 11) is 22.0. The molecule has 15 heteroatoms. The second kappa shape index (κ2) is 12.8. The van der Waals surface area contributed by atoms with Crippen LogP contribution in [0.3, 0.4) is 0 Å². The second-order valence-electron chi connectivity index (χ2n) is 15.1. The summed E-state index contributed by atoms with van der Waals surface area (Å²) in [5.74, 6) is 2.04. The molecule has 0 N–H and O–H groups in total. The molecule has 0 atom stereocenters. The predicted octanol–water partition coefficient (Wildman–Crippen LogP) is -6.61. The first-order valence-electron chi connectivity index (χ1n) is 18.7. The minimum Gasteiger partial charge on any atom is -0.456 e. The molecule has 0 radical (unpaired) electrons. The van der Waals surface area contributed by atoms with Crippen molar-refractivity contribution in [3.05, 3.63) is 78.9 Å². The van der Waals surface area contributed by atoms with Gasteiger partial charge < -0.3 is 4.42 Å². The number of hydrogen-bond acceptors (Lipinski definition) is 5. The number of fused-ring (bicyclic) bond motifs is 6.